The Balaban J connectivity index is 0.00000648. The molecule has 0 fully saturated rings. The molecule has 0 aliphatic carbocycles. The molecule has 4 nitrogen and oxygen atoms in total. The predicted octanol–water partition coefficient (Wildman–Crippen LogP) is 15.1. The van der Waals surface area contributed by atoms with Crippen molar-refractivity contribution in [2.75, 3.05) is 0 Å². The number of hydrogen-bond acceptors (Lipinski definition) is 3. The van der Waals surface area contributed by atoms with Gasteiger partial charge in [0, 0.05) is 38.5 Å². The number of pyridine rings is 1. The van der Waals surface area contributed by atoms with Crippen molar-refractivity contribution in [1.82, 2.24) is 14.5 Å². The van der Waals surface area contributed by atoms with Crippen molar-refractivity contribution in [3.05, 3.63) is 168 Å². The van der Waals surface area contributed by atoms with Gasteiger partial charge in [-0.2, -0.15) is 0 Å². The Labute approximate surface area is 384 Å². The molecule has 0 spiro atoms. The van der Waals surface area contributed by atoms with Crippen LogP contribution in [0.15, 0.2) is 140 Å². The number of phenolic OH excluding ortho intramolecular Hbond substituents is 1. The van der Waals surface area contributed by atoms with Crippen LogP contribution >= 0.6 is 0 Å². The Hall–Kier alpha value is -5.57. The van der Waals surface area contributed by atoms with Crippen molar-refractivity contribution in [3.8, 4) is 67.5 Å². The van der Waals surface area contributed by atoms with Crippen LogP contribution < -0.4 is 0 Å². The second-order valence-corrected chi connectivity index (χ2v) is 18.5. The number of nitrogens with zero attached hydrogens (tertiary/aromatic N) is 3. The zero-order valence-corrected chi connectivity index (χ0v) is 38.9. The topological polar surface area (TPSA) is 50.9 Å². The molecule has 312 valence electrons. The smallest absolute Gasteiger partial charge is 0.148 e. The quantitative estimate of drug-likeness (QED) is 0.154. The molecule has 2 heterocycles. The van der Waals surface area contributed by atoms with Crippen LogP contribution in [0.5, 0.6) is 5.75 Å². The van der Waals surface area contributed by atoms with E-state index in [9.17, 15) is 5.11 Å². The molecule has 0 aliphatic rings. The third-order valence-electron chi connectivity index (χ3n) is 11.4. The van der Waals surface area contributed by atoms with Gasteiger partial charge in [-0.3, -0.25) is 9.55 Å². The van der Waals surface area contributed by atoms with E-state index in [0.717, 1.165) is 55.7 Å². The Bertz CT molecular complexity index is 3120. The van der Waals surface area contributed by atoms with Gasteiger partial charge >= 0.3 is 0 Å². The van der Waals surface area contributed by atoms with Crippen molar-refractivity contribution in [1.29, 1.82) is 0 Å². The summed E-state index contributed by atoms with van der Waals surface area (Å²) in [4.78, 5) is 10.3. The van der Waals surface area contributed by atoms with Crippen LogP contribution in [-0.4, -0.2) is 19.6 Å². The monoisotopic (exact) mass is 986 g/mol. The molecule has 0 amide bonds. The summed E-state index contributed by atoms with van der Waals surface area (Å²) >= 11 is 0. The summed E-state index contributed by atoms with van der Waals surface area (Å²) < 4.78 is 44.4. The van der Waals surface area contributed by atoms with Crippen molar-refractivity contribution < 1.29 is 33.0 Å². The number of hydrogen-bond donors (Lipinski definition) is 1. The average Bonchev–Trinajstić information content (AvgIpc) is 3.66. The molecule has 0 saturated heterocycles. The average molecular weight is 987 g/mol. The first-order valence-electron chi connectivity index (χ1n) is 23.4. The van der Waals surface area contributed by atoms with Crippen LogP contribution in [0.2, 0.25) is 0 Å². The zero-order chi connectivity index (χ0) is 46.9. The molecule has 0 bridgehead atoms. The number of aromatic hydroxyl groups is 1. The maximum Gasteiger partial charge on any atom is 0.148 e. The minimum absolute atomic E-state index is 0. The number of fused-ring (bicyclic) bond motifs is 1. The molecule has 8 rings (SSSR count). The van der Waals surface area contributed by atoms with Crippen molar-refractivity contribution in [2.24, 2.45) is 0 Å². The maximum absolute atomic E-state index is 12.3. The Morgan fingerprint density at radius 2 is 1.34 bits per heavy atom. The molecule has 1 N–H and O–H groups in total. The fourth-order valence-corrected chi connectivity index (χ4v) is 7.83. The normalized spacial score (nSPS) is 13.1. The van der Waals surface area contributed by atoms with E-state index in [1.165, 1.54) is 5.56 Å². The van der Waals surface area contributed by atoms with Crippen LogP contribution in [0.1, 0.15) is 110 Å². The van der Waals surface area contributed by atoms with Crippen LogP contribution in [0.4, 0.5) is 0 Å². The van der Waals surface area contributed by atoms with E-state index in [2.05, 4.69) is 159 Å². The van der Waals surface area contributed by atoms with Gasteiger partial charge in [0.05, 0.1) is 29.1 Å². The molecule has 0 radical (unpaired) electrons. The third-order valence-corrected chi connectivity index (χ3v) is 11.4. The van der Waals surface area contributed by atoms with E-state index in [-0.39, 0.29) is 79.2 Å². The summed E-state index contributed by atoms with van der Waals surface area (Å²) in [5, 5.41) is 12.3. The fraction of sp³-hybridized carbons (Fsp3) is 0.250. The second-order valence-electron chi connectivity index (χ2n) is 18.5. The minimum Gasteiger partial charge on any atom is -0.507 e. The minimum atomic E-state index is -0.435. The van der Waals surface area contributed by atoms with E-state index in [1.807, 2.05) is 12.1 Å². The van der Waals surface area contributed by atoms with E-state index < -0.39 is 6.04 Å². The first-order valence-corrected chi connectivity index (χ1v) is 20.9. The van der Waals surface area contributed by atoms with Gasteiger partial charge in [-0.1, -0.05) is 171 Å². The SMILES string of the molecule is [2H]c1c([2H])c([2H])c(-c2ccnc(-c3[c-]c(-c4cccc5c4nc(-c4cc(C(C)C)cc(C(C)C)c4O)n5-c4ccc(C(C)(C)C)cc4-c4ccccc4)cc(C(C)(C)C)c3)c2)c([2H])c1[2H].[Pt]. The molecule has 0 atom stereocenters. The molecule has 61 heavy (non-hydrogen) atoms. The number of phenols is 1. The summed E-state index contributed by atoms with van der Waals surface area (Å²) in [5.74, 6) is 1.10. The summed E-state index contributed by atoms with van der Waals surface area (Å²) in [6.45, 7) is 21.7. The van der Waals surface area contributed by atoms with Gasteiger partial charge in [-0.15, -0.1) is 29.3 Å². The van der Waals surface area contributed by atoms with Gasteiger partial charge in [0.15, 0.2) is 0 Å². The largest absolute Gasteiger partial charge is 0.507 e. The van der Waals surface area contributed by atoms with Gasteiger partial charge in [-0.25, -0.2) is 4.98 Å². The van der Waals surface area contributed by atoms with E-state index >= 15 is 0 Å². The van der Waals surface area contributed by atoms with E-state index in [4.69, 9.17) is 16.8 Å². The van der Waals surface area contributed by atoms with Gasteiger partial charge in [0.2, 0.25) is 0 Å². The van der Waals surface area contributed by atoms with Gasteiger partial charge in [-0.05, 0) is 86.4 Å². The molecular weight excluding hydrogens is 926 g/mol. The van der Waals surface area contributed by atoms with Crippen molar-refractivity contribution >= 4 is 11.0 Å². The molecule has 6 aromatic carbocycles. The first kappa shape index (κ1) is 37.2. The number of rotatable bonds is 8. The van der Waals surface area contributed by atoms with Crippen molar-refractivity contribution in [3.63, 3.8) is 0 Å². The van der Waals surface area contributed by atoms with Crippen molar-refractivity contribution in [2.45, 2.75) is 91.9 Å². The van der Waals surface area contributed by atoms with E-state index in [0.29, 0.717) is 28.2 Å². The van der Waals surface area contributed by atoms with Crippen LogP contribution in [-0.2, 0) is 31.9 Å². The summed E-state index contributed by atoms with van der Waals surface area (Å²) in [6, 6.07) is 37.1. The zero-order valence-electron chi connectivity index (χ0n) is 41.7. The summed E-state index contributed by atoms with van der Waals surface area (Å²) in [5.41, 5.74) is 12.5. The number of para-hydroxylation sites is 1. The van der Waals surface area contributed by atoms with Gasteiger partial charge in [0.25, 0.3) is 0 Å². The predicted molar refractivity (Wildman–Crippen MR) is 252 cm³/mol. The van der Waals surface area contributed by atoms with Crippen LogP contribution in [0, 0.1) is 6.07 Å². The summed E-state index contributed by atoms with van der Waals surface area (Å²) in [6.07, 6.45) is 1.61. The fourth-order valence-electron chi connectivity index (χ4n) is 7.83. The van der Waals surface area contributed by atoms with E-state index in [1.54, 1.807) is 18.3 Å². The van der Waals surface area contributed by atoms with Gasteiger partial charge < -0.3 is 5.11 Å². The van der Waals surface area contributed by atoms with Crippen LogP contribution in [0.25, 0.3) is 72.7 Å². The Morgan fingerprint density at radius 1 is 0.639 bits per heavy atom. The molecule has 0 unspecified atom stereocenters. The maximum atomic E-state index is 12.3. The Kier molecular flexibility index (Phi) is 10.4. The molecular formula is C56H56N3OPt-. The number of benzene rings is 6. The summed E-state index contributed by atoms with van der Waals surface area (Å²) in [7, 11) is 0. The molecule has 5 heteroatoms. The van der Waals surface area contributed by atoms with Gasteiger partial charge in [0.1, 0.15) is 11.6 Å². The number of imidazole rings is 1. The molecule has 0 aliphatic heterocycles. The van der Waals surface area contributed by atoms with Crippen LogP contribution in [0.3, 0.4) is 0 Å². The standard InChI is InChI=1S/C56H56N3O.Pt/c1-35(2)40-31-46(36(3)4)53(60)48(32-40)54-58-52-45(22-17-23-51(52)59(54)50-25-24-43(55(5,6)7)34-47(50)38-20-15-12-16-21-38)41-28-42(30-44(29-41)56(8,9)10)49-33-39(26-27-57-49)37-18-13-11-14-19-37;/h11-27,29-36,60H,1-10H3;/q-1;/i11D,13D,14D,18D,19D;. The second kappa shape index (κ2) is 17.1. The Morgan fingerprint density at radius 3 is 2.02 bits per heavy atom. The third kappa shape index (κ3) is 8.66. The molecule has 2 aromatic heterocycles. The first-order chi connectivity index (χ1) is 30.6. The molecule has 8 aromatic rings. The number of aromatic nitrogens is 3. The molecule has 0 saturated carbocycles.